The zero-order valence-corrected chi connectivity index (χ0v) is 13.1. The summed E-state index contributed by atoms with van der Waals surface area (Å²) in [7, 11) is 1.90. The first kappa shape index (κ1) is 14.1. The first-order valence-electron chi connectivity index (χ1n) is 6.76. The first-order chi connectivity index (χ1) is 9.01. The second-order valence-electron chi connectivity index (χ2n) is 5.49. The van der Waals surface area contributed by atoms with Gasteiger partial charge >= 0.3 is 0 Å². The SMILES string of the molecule is CNc1nc2cc(C(C)C)c(OCC(C)C)cc2s1. The zero-order chi connectivity index (χ0) is 14.0. The Morgan fingerprint density at radius 1 is 1.26 bits per heavy atom. The van der Waals surface area contributed by atoms with Crippen molar-refractivity contribution in [3.05, 3.63) is 17.7 Å². The average Bonchev–Trinajstić information content (AvgIpc) is 2.76. The molecule has 0 aliphatic heterocycles. The number of anilines is 1. The van der Waals surface area contributed by atoms with Crippen LogP contribution in [0.3, 0.4) is 0 Å². The fourth-order valence-corrected chi connectivity index (χ4v) is 2.74. The molecular weight excluding hydrogens is 256 g/mol. The van der Waals surface area contributed by atoms with Gasteiger partial charge in [0.05, 0.1) is 16.8 Å². The molecule has 0 amide bonds. The maximum Gasteiger partial charge on any atom is 0.183 e. The van der Waals surface area contributed by atoms with E-state index in [2.05, 4.69) is 50.1 Å². The lowest BCUT2D eigenvalue weighted by atomic mass is 10.0. The van der Waals surface area contributed by atoms with Crippen molar-refractivity contribution in [2.24, 2.45) is 5.92 Å². The smallest absolute Gasteiger partial charge is 0.183 e. The molecule has 2 rings (SSSR count). The molecule has 0 unspecified atom stereocenters. The first-order valence-corrected chi connectivity index (χ1v) is 7.58. The van der Waals surface area contributed by atoms with Gasteiger partial charge in [0.2, 0.25) is 0 Å². The maximum atomic E-state index is 5.97. The van der Waals surface area contributed by atoms with Crippen LogP contribution in [0.5, 0.6) is 5.75 Å². The number of benzene rings is 1. The normalized spacial score (nSPS) is 11.5. The molecule has 0 atom stereocenters. The Bertz CT molecular complexity index is 561. The van der Waals surface area contributed by atoms with E-state index in [1.807, 2.05) is 7.05 Å². The van der Waals surface area contributed by atoms with Gasteiger partial charge in [-0.3, -0.25) is 0 Å². The van der Waals surface area contributed by atoms with E-state index >= 15 is 0 Å². The van der Waals surface area contributed by atoms with Crippen molar-refractivity contribution in [3.8, 4) is 5.75 Å². The molecule has 4 heteroatoms. The van der Waals surface area contributed by atoms with Gasteiger partial charge in [0.25, 0.3) is 0 Å². The van der Waals surface area contributed by atoms with Crippen LogP contribution in [0.4, 0.5) is 5.13 Å². The van der Waals surface area contributed by atoms with Crippen LogP contribution in [0.1, 0.15) is 39.2 Å². The summed E-state index contributed by atoms with van der Waals surface area (Å²) in [6, 6.07) is 4.29. The molecule has 0 saturated carbocycles. The van der Waals surface area contributed by atoms with Crippen molar-refractivity contribution in [2.75, 3.05) is 19.0 Å². The van der Waals surface area contributed by atoms with Crippen LogP contribution in [0.15, 0.2) is 12.1 Å². The van der Waals surface area contributed by atoms with Crippen molar-refractivity contribution in [3.63, 3.8) is 0 Å². The Morgan fingerprint density at radius 2 is 2.00 bits per heavy atom. The standard InChI is InChI=1S/C15H22N2OS/c1-9(2)8-18-13-7-14-12(6-11(13)10(3)4)17-15(16-5)19-14/h6-7,9-10H,8H2,1-5H3,(H,16,17). The molecule has 1 aromatic heterocycles. The number of nitrogens with zero attached hydrogens (tertiary/aromatic N) is 1. The van der Waals surface area contributed by atoms with Crippen molar-refractivity contribution in [2.45, 2.75) is 33.6 Å². The molecule has 2 aromatic rings. The molecule has 1 aromatic carbocycles. The summed E-state index contributed by atoms with van der Waals surface area (Å²) in [5.41, 5.74) is 2.29. The number of nitrogens with one attached hydrogen (secondary N) is 1. The third-order valence-corrected chi connectivity index (χ3v) is 3.96. The van der Waals surface area contributed by atoms with E-state index < -0.39 is 0 Å². The van der Waals surface area contributed by atoms with E-state index in [1.165, 1.54) is 10.3 Å². The number of aromatic nitrogens is 1. The summed E-state index contributed by atoms with van der Waals surface area (Å²) in [6.45, 7) is 9.46. The van der Waals surface area contributed by atoms with Gasteiger partial charge in [-0.05, 0) is 29.5 Å². The fraction of sp³-hybridized carbons (Fsp3) is 0.533. The van der Waals surface area contributed by atoms with Crippen molar-refractivity contribution < 1.29 is 4.74 Å². The summed E-state index contributed by atoms with van der Waals surface area (Å²) in [5.74, 6) is 1.97. The van der Waals surface area contributed by atoms with Gasteiger partial charge < -0.3 is 10.1 Å². The highest BCUT2D eigenvalue weighted by Gasteiger charge is 2.13. The lowest BCUT2D eigenvalue weighted by molar-refractivity contribution is 0.268. The Hall–Kier alpha value is -1.29. The molecule has 1 N–H and O–H groups in total. The van der Waals surface area contributed by atoms with Crippen LogP contribution in [0, 0.1) is 5.92 Å². The van der Waals surface area contributed by atoms with E-state index in [0.29, 0.717) is 11.8 Å². The van der Waals surface area contributed by atoms with Crippen LogP contribution in [0.25, 0.3) is 10.2 Å². The topological polar surface area (TPSA) is 34.2 Å². The zero-order valence-electron chi connectivity index (χ0n) is 12.3. The second-order valence-corrected chi connectivity index (χ2v) is 6.52. The summed E-state index contributed by atoms with van der Waals surface area (Å²) >= 11 is 1.66. The summed E-state index contributed by atoms with van der Waals surface area (Å²) < 4.78 is 7.14. The minimum atomic E-state index is 0.436. The van der Waals surface area contributed by atoms with Gasteiger partial charge in [-0.2, -0.15) is 0 Å². The maximum absolute atomic E-state index is 5.97. The van der Waals surface area contributed by atoms with Crippen molar-refractivity contribution in [1.29, 1.82) is 0 Å². The third-order valence-electron chi connectivity index (χ3n) is 2.93. The van der Waals surface area contributed by atoms with Gasteiger partial charge in [-0.25, -0.2) is 4.98 Å². The highest BCUT2D eigenvalue weighted by molar-refractivity contribution is 7.22. The van der Waals surface area contributed by atoms with Gasteiger partial charge in [0, 0.05) is 7.05 Å². The van der Waals surface area contributed by atoms with E-state index in [4.69, 9.17) is 4.74 Å². The quantitative estimate of drug-likeness (QED) is 0.874. The molecule has 0 radical (unpaired) electrons. The number of ether oxygens (including phenoxy) is 1. The predicted molar refractivity (Wildman–Crippen MR) is 83.6 cm³/mol. The molecule has 104 valence electrons. The number of hydrogen-bond acceptors (Lipinski definition) is 4. The molecule has 1 heterocycles. The summed E-state index contributed by atoms with van der Waals surface area (Å²) in [5, 5.41) is 4.05. The highest BCUT2D eigenvalue weighted by atomic mass is 32.1. The molecular formula is C15H22N2OS. The predicted octanol–water partition coefficient (Wildman–Crippen LogP) is 4.50. The molecule has 0 fully saturated rings. The summed E-state index contributed by atoms with van der Waals surface area (Å²) in [4.78, 5) is 4.56. The van der Waals surface area contributed by atoms with Crippen LogP contribution in [0.2, 0.25) is 0 Å². The largest absolute Gasteiger partial charge is 0.493 e. The Morgan fingerprint density at radius 3 is 2.58 bits per heavy atom. The minimum Gasteiger partial charge on any atom is -0.493 e. The number of hydrogen-bond donors (Lipinski definition) is 1. The monoisotopic (exact) mass is 278 g/mol. The van der Waals surface area contributed by atoms with Gasteiger partial charge in [-0.15, -0.1) is 0 Å². The van der Waals surface area contributed by atoms with Crippen LogP contribution >= 0.6 is 11.3 Å². The molecule has 0 saturated heterocycles. The van der Waals surface area contributed by atoms with Crippen molar-refractivity contribution >= 4 is 26.7 Å². The van der Waals surface area contributed by atoms with E-state index in [9.17, 15) is 0 Å². The van der Waals surface area contributed by atoms with Crippen LogP contribution < -0.4 is 10.1 Å². The highest BCUT2D eigenvalue weighted by Crippen LogP contribution is 2.35. The van der Waals surface area contributed by atoms with Crippen LogP contribution in [-0.4, -0.2) is 18.6 Å². The molecule has 19 heavy (non-hydrogen) atoms. The van der Waals surface area contributed by atoms with Crippen LogP contribution in [-0.2, 0) is 0 Å². The third kappa shape index (κ3) is 3.18. The van der Waals surface area contributed by atoms with E-state index in [1.54, 1.807) is 11.3 Å². The fourth-order valence-electron chi connectivity index (χ4n) is 1.91. The molecule has 0 spiro atoms. The van der Waals surface area contributed by atoms with E-state index in [0.717, 1.165) is 23.0 Å². The van der Waals surface area contributed by atoms with Gasteiger partial charge in [0.15, 0.2) is 5.13 Å². The number of thiazole rings is 1. The van der Waals surface area contributed by atoms with E-state index in [-0.39, 0.29) is 0 Å². The van der Waals surface area contributed by atoms with Gasteiger partial charge in [0.1, 0.15) is 5.75 Å². The summed E-state index contributed by atoms with van der Waals surface area (Å²) in [6.07, 6.45) is 0. The lowest BCUT2D eigenvalue weighted by Crippen LogP contribution is -2.06. The Labute approximate surface area is 119 Å². The molecule has 3 nitrogen and oxygen atoms in total. The lowest BCUT2D eigenvalue weighted by Gasteiger charge is -2.15. The molecule has 0 bridgehead atoms. The second kappa shape index (κ2) is 5.78. The Kier molecular flexibility index (Phi) is 4.30. The Balaban J connectivity index is 2.43. The van der Waals surface area contributed by atoms with Crippen molar-refractivity contribution in [1.82, 2.24) is 4.98 Å². The van der Waals surface area contributed by atoms with Gasteiger partial charge in [-0.1, -0.05) is 39.0 Å². The molecule has 0 aliphatic rings. The molecule has 0 aliphatic carbocycles. The minimum absolute atomic E-state index is 0.436. The average molecular weight is 278 g/mol. The number of rotatable bonds is 5. The number of fused-ring (bicyclic) bond motifs is 1.